The van der Waals surface area contributed by atoms with Crippen molar-refractivity contribution in [1.82, 2.24) is 0 Å². The zero-order valence-electron chi connectivity index (χ0n) is 15.7. The van der Waals surface area contributed by atoms with Crippen LogP contribution in [0, 0.1) is 0 Å². The van der Waals surface area contributed by atoms with Crippen LogP contribution in [-0.2, 0) is 9.53 Å². The van der Waals surface area contributed by atoms with Gasteiger partial charge in [-0.2, -0.15) is 0 Å². The predicted molar refractivity (Wildman–Crippen MR) is 92.6 cm³/mol. The van der Waals surface area contributed by atoms with Gasteiger partial charge in [0, 0.05) is 5.57 Å². The molecule has 9 heteroatoms. The van der Waals surface area contributed by atoms with Gasteiger partial charge < -0.3 is 31.6 Å². The molecule has 1 unspecified atom stereocenters. The molecule has 0 rings (SSSR count). The first-order valence-electron chi connectivity index (χ1n) is 8.56. The summed E-state index contributed by atoms with van der Waals surface area (Å²) in [5, 5.41) is 10.1. The number of rotatable bonds is 11. The molecule has 0 aromatic heterocycles. The number of hydrogen-bond donors (Lipinski definition) is 1. The van der Waals surface area contributed by atoms with Gasteiger partial charge >= 0.3 is 13.2 Å². The molecular weight excluding hydrogens is 341 g/mol. The lowest BCUT2D eigenvalue weighted by molar-refractivity contribution is -0.913. The average Bonchev–Trinajstić information content (AvgIpc) is 2.47. The molecule has 0 aromatic carbocycles. The highest BCUT2D eigenvalue weighted by Crippen LogP contribution is 2.11. The lowest BCUT2D eigenvalue weighted by Crippen LogP contribution is -2.51. The van der Waals surface area contributed by atoms with Gasteiger partial charge in [0.2, 0.25) is 0 Å². The van der Waals surface area contributed by atoms with Gasteiger partial charge in [-0.15, -0.1) is 0 Å². The number of unbranched alkanes of at least 4 members (excludes halogenated alkanes) is 2. The van der Waals surface area contributed by atoms with Gasteiger partial charge in [0.05, 0.1) is 20.1 Å². The molecule has 0 radical (unpaired) electrons. The summed E-state index contributed by atoms with van der Waals surface area (Å²) in [4.78, 5) is 11.3. The van der Waals surface area contributed by atoms with Crippen molar-refractivity contribution >= 4 is 13.2 Å². The first-order chi connectivity index (χ1) is 11.3. The van der Waals surface area contributed by atoms with E-state index in [1.165, 1.54) is 0 Å². The van der Waals surface area contributed by atoms with Crippen molar-refractivity contribution in [3.8, 4) is 0 Å². The Morgan fingerprint density at radius 3 is 1.88 bits per heavy atom. The van der Waals surface area contributed by atoms with Gasteiger partial charge in [-0.1, -0.05) is 33.3 Å². The highest BCUT2D eigenvalue weighted by molar-refractivity contribution is 6.50. The number of aliphatic hydroxyl groups excluding tert-OH is 1. The topological polar surface area (TPSA) is 46.5 Å². The molecule has 0 spiro atoms. The highest BCUT2D eigenvalue weighted by atomic mass is 19.5. The Bertz CT molecular complexity index is 378. The van der Waals surface area contributed by atoms with E-state index in [4.69, 9.17) is 4.74 Å². The Labute approximate surface area is 148 Å². The quantitative estimate of drug-likeness (QED) is 0.197. The number of hydrogen-bond acceptors (Lipinski definition) is 3. The van der Waals surface area contributed by atoms with Crippen molar-refractivity contribution in [2.24, 2.45) is 0 Å². The number of esters is 1. The largest absolute Gasteiger partial charge is 0.673 e. The Morgan fingerprint density at radius 2 is 1.56 bits per heavy atom. The van der Waals surface area contributed by atoms with Crippen LogP contribution in [0.5, 0.6) is 0 Å². The Balaban J connectivity index is 0. The molecule has 0 fully saturated rings. The van der Waals surface area contributed by atoms with E-state index < -0.39 is 19.3 Å². The highest BCUT2D eigenvalue weighted by Gasteiger charge is 2.25. The fourth-order valence-corrected chi connectivity index (χ4v) is 2.23. The average molecular weight is 373 g/mol. The molecule has 25 heavy (non-hydrogen) atoms. The number of halogens is 4. The Morgan fingerprint density at radius 1 is 1.16 bits per heavy atom. The molecule has 0 aliphatic carbocycles. The third-order valence-corrected chi connectivity index (χ3v) is 3.51. The molecule has 0 aliphatic heterocycles. The van der Waals surface area contributed by atoms with Crippen molar-refractivity contribution in [3.63, 3.8) is 0 Å². The van der Waals surface area contributed by atoms with E-state index in [0.717, 1.165) is 43.3 Å². The second kappa shape index (κ2) is 13.2. The number of carbonyl (C=O) groups excluding carboxylic acids is 1. The minimum atomic E-state index is -6.00. The summed E-state index contributed by atoms with van der Waals surface area (Å²) in [5.41, 5.74) is 0.367. The summed E-state index contributed by atoms with van der Waals surface area (Å²) in [7, 11) is -3.82. The van der Waals surface area contributed by atoms with Crippen LogP contribution >= 0.6 is 0 Å². The number of carbonyl (C=O) groups is 1. The van der Waals surface area contributed by atoms with Crippen molar-refractivity contribution in [2.75, 3.05) is 33.3 Å². The number of likely N-dealkylation sites (N-methyl/N-ethyl adjacent to an activating group) is 1. The minimum absolute atomic E-state index is 0.0534. The number of nitrogens with zero attached hydrogens (tertiary/aromatic N) is 1. The minimum Gasteiger partial charge on any atom is -0.459 e. The number of ether oxygens (including phenoxy) is 1. The van der Waals surface area contributed by atoms with E-state index in [2.05, 4.69) is 27.5 Å². The molecule has 0 heterocycles. The summed E-state index contributed by atoms with van der Waals surface area (Å²) >= 11 is 0. The molecular formula is C16H32BF4NO3. The standard InChI is InChI=1S/C16H32NO3.BF4/c1-6-8-10-17(5,11-9-7-2)12-15(18)13-20-16(19)14(3)4;2-1(3,4)5/h15,18H,3,6-13H2,1-2,4-5H3;/q+1;-1. The third kappa shape index (κ3) is 19.1. The molecule has 0 bridgehead atoms. The first-order valence-corrected chi connectivity index (χ1v) is 8.56. The van der Waals surface area contributed by atoms with E-state index in [1.54, 1.807) is 6.92 Å². The van der Waals surface area contributed by atoms with E-state index in [0.29, 0.717) is 12.1 Å². The molecule has 0 amide bonds. The summed E-state index contributed by atoms with van der Waals surface area (Å²) in [6, 6.07) is 0. The fraction of sp³-hybridized carbons (Fsp3) is 0.812. The molecule has 150 valence electrons. The first kappa shape index (κ1) is 26.1. The van der Waals surface area contributed by atoms with Crippen molar-refractivity contribution in [2.45, 2.75) is 52.6 Å². The Kier molecular flexibility index (Phi) is 13.8. The second-order valence-corrected chi connectivity index (χ2v) is 6.48. The van der Waals surface area contributed by atoms with Gasteiger partial charge in [0.15, 0.2) is 0 Å². The van der Waals surface area contributed by atoms with Gasteiger partial charge in [-0.3, -0.25) is 0 Å². The molecule has 1 atom stereocenters. The third-order valence-electron chi connectivity index (χ3n) is 3.51. The number of quaternary nitrogens is 1. The van der Waals surface area contributed by atoms with E-state index >= 15 is 0 Å². The van der Waals surface area contributed by atoms with Crippen molar-refractivity contribution in [1.29, 1.82) is 0 Å². The predicted octanol–water partition coefficient (Wildman–Crippen LogP) is 3.81. The summed E-state index contributed by atoms with van der Waals surface area (Å²) < 4.78 is 44.9. The summed E-state index contributed by atoms with van der Waals surface area (Å²) in [5.74, 6) is -0.430. The molecule has 1 N–H and O–H groups in total. The maximum Gasteiger partial charge on any atom is 0.673 e. The lowest BCUT2D eigenvalue weighted by atomic mass is 10.2. The van der Waals surface area contributed by atoms with Crippen LogP contribution in [0.3, 0.4) is 0 Å². The van der Waals surface area contributed by atoms with Gasteiger partial charge in [-0.05, 0) is 19.8 Å². The van der Waals surface area contributed by atoms with Gasteiger partial charge in [0.1, 0.15) is 19.3 Å². The van der Waals surface area contributed by atoms with E-state index in [9.17, 15) is 27.2 Å². The van der Waals surface area contributed by atoms with Crippen LogP contribution in [0.2, 0.25) is 0 Å². The van der Waals surface area contributed by atoms with Gasteiger partial charge in [0.25, 0.3) is 0 Å². The van der Waals surface area contributed by atoms with Crippen LogP contribution in [0.1, 0.15) is 46.5 Å². The van der Waals surface area contributed by atoms with Crippen LogP contribution in [0.15, 0.2) is 12.2 Å². The maximum atomic E-state index is 11.3. The number of aliphatic hydroxyl groups is 1. The smallest absolute Gasteiger partial charge is 0.459 e. The van der Waals surface area contributed by atoms with Crippen LogP contribution in [-0.4, -0.2) is 62.2 Å². The molecule has 0 saturated carbocycles. The lowest BCUT2D eigenvalue weighted by Gasteiger charge is -2.36. The van der Waals surface area contributed by atoms with Crippen molar-refractivity contribution in [3.05, 3.63) is 12.2 Å². The molecule has 4 nitrogen and oxygen atoms in total. The zero-order chi connectivity index (χ0) is 20.1. The van der Waals surface area contributed by atoms with Crippen molar-refractivity contribution < 1.29 is 36.4 Å². The monoisotopic (exact) mass is 373 g/mol. The molecule has 0 aromatic rings. The SMILES string of the molecule is C=C(C)C(=O)OCC(O)C[N+](C)(CCCC)CCCC.F[B-](F)(F)F. The van der Waals surface area contributed by atoms with Crippen LogP contribution in [0.25, 0.3) is 0 Å². The van der Waals surface area contributed by atoms with Crippen LogP contribution < -0.4 is 0 Å². The molecule has 0 aliphatic rings. The molecule has 0 saturated heterocycles. The summed E-state index contributed by atoms with van der Waals surface area (Å²) in [6.45, 7) is 12.3. The van der Waals surface area contributed by atoms with Crippen LogP contribution in [0.4, 0.5) is 17.3 Å². The summed E-state index contributed by atoms with van der Waals surface area (Å²) in [6.07, 6.45) is 4.00. The van der Waals surface area contributed by atoms with E-state index in [-0.39, 0.29) is 6.61 Å². The Hall–Kier alpha value is -1.09. The zero-order valence-corrected chi connectivity index (χ0v) is 15.7. The second-order valence-electron chi connectivity index (χ2n) is 6.48. The maximum absolute atomic E-state index is 11.3. The fourth-order valence-electron chi connectivity index (χ4n) is 2.23. The normalized spacial score (nSPS) is 12.8. The van der Waals surface area contributed by atoms with E-state index in [1.807, 2.05) is 0 Å². The van der Waals surface area contributed by atoms with Gasteiger partial charge in [-0.25, -0.2) is 4.79 Å².